The molecule has 8 heteroatoms. The van der Waals surface area contributed by atoms with Gasteiger partial charge in [0.15, 0.2) is 0 Å². The number of rotatable bonds is 4. The molecule has 0 fully saturated rings. The number of carbonyl (C=O) groups excluding carboxylic acids is 1. The average Bonchev–Trinajstić information content (AvgIpc) is 2.96. The van der Waals surface area contributed by atoms with Gasteiger partial charge in [-0.25, -0.2) is 18.1 Å². The summed E-state index contributed by atoms with van der Waals surface area (Å²) in [6.07, 6.45) is 4.22. The van der Waals surface area contributed by atoms with Crippen LogP contribution in [0.4, 0.5) is 0 Å². The van der Waals surface area contributed by atoms with E-state index in [0.29, 0.717) is 5.01 Å². The topological polar surface area (TPSA) is 76.1 Å². The first-order valence-electron chi connectivity index (χ1n) is 5.18. The minimum atomic E-state index is -3.78. The summed E-state index contributed by atoms with van der Waals surface area (Å²) in [6.45, 7) is 1.80. The average molecular weight is 314 g/mol. The van der Waals surface area contributed by atoms with E-state index in [-0.39, 0.29) is 4.21 Å². The molecule has 0 spiro atoms. The van der Waals surface area contributed by atoms with E-state index in [2.05, 4.69) is 4.98 Å². The summed E-state index contributed by atoms with van der Waals surface area (Å²) in [6, 6.07) is 3.16. The molecule has 2 heterocycles. The van der Waals surface area contributed by atoms with Crippen LogP contribution in [0, 0.1) is 6.92 Å². The summed E-state index contributed by atoms with van der Waals surface area (Å²) in [5.41, 5.74) is 0. The largest absolute Gasteiger partial charge is 0.273 e. The van der Waals surface area contributed by atoms with Crippen LogP contribution in [0.2, 0.25) is 0 Å². The lowest BCUT2D eigenvalue weighted by molar-refractivity contribution is -0.114. The molecule has 19 heavy (non-hydrogen) atoms. The van der Waals surface area contributed by atoms with Gasteiger partial charge < -0.3 is 0 Å². The number of carbonyl (C=O) groups is 1. The minimum absolute atomic E-state index is 0.126. The highest BCUT2D eigenvalue weighted by Crippen LogP contribution is 2.20. The highest BCUT2D eigenvalue weighted by atomic mass is 32.2. The Morgan fingerprint density at radius 1 is 1.42 bits per heavy atom. The number of thiazole rings is 1. The third-order valence-corrected chi connectivity index (χ3v) is 5.62. The first-order chi connectivity index (χ1) is 8.97. The zero-order valence-corrected chi connectivity index (χ0v) is 12.3. The molecule has 0 radical (unpaired) electrons. The van der Waals surface area contributed by atoms with Crippen molar-refractivity contribution >= 4 is 44.7 Å². The van der Waals surface area contributed by atoms with Crippen LogP contribution >= 0.6 is 22.7 Å². The molecule has 0 atom stereocenters. The van der Waals surface area contributed by atoms with E-state index >= 15 is 0 Å². The van der Waals surface area contributed by atoms with Gasteiger partial charge in [-0.15, -0.1) is 22.7 Å². The second-order valence-electron chi connectivity index (χ2n) is 3.54. The van der Waals surface area contributed by atoms with E-state index in [0.717, 1.165) is 22.3 Å². The molecule has 0 aliphatic heterocycles. The van der Waals surface area contributed by atoms with Crippen molar-refractivity contribution in [3.05, 3.63) is 39.7 Å². The monoisotopic (exact) mass is 314 g/mol. The second-order valence-corrected chi connectivity index (χ2v) is 7.66. The summed E-state index contributed by atoms with van der Waals surface area (Å²) in [5.74, 6) is -0.693. The van der Waals surface area contributed by atoms with Crippen molar-refractivity contribution in [3.8, 4) is 0 Å². The maximum Gasteiger partial charge on any atom is 0.273 e. The number of thiophene rings is 1. The first kappa shape index (κ1) is 13.9. The smallest absolute Gasteiger partial charge is 0.269 e. The van der Waals surface area contributed by atoms with Gasteiger partial charge in [-0.1, -0.05) is 0 Å². The fourth-order valence-corrected chi connectivity index (χ4v) is 3.99. The number of hydrogen-bond acceptors (Lipinski definition) is 6. The fourth-order valence-electron chi connectivity index (χ4n) is 1.24. The van der Waals surface area contributed by atoms with Crippen LogP contribution in [0.3, 0.4) is 0 Å². The van der Waals surface area contributed by atoms with Gasteiger partial charge in [0.05, 0.1) is 0 Å². The van der Waals surface area contributed by atoms with Crippen LogP contribution in [0.15, 0.2) is 34.0 Å². The van der Waals surface area contributed by atoms with Gasteiger partial charge >= 0.3 is 0 Å². The van der Waals surface area contributed by atoms with Gasteiger partial charge in [0.1, 0.15) is 9.22 Å². The van der Waals surface area contributed by atoms with Gasteiger partial charge in [0, 0.05) is 22.5 Å². The minimum Gasteiger partial charge on any atom is -0.269 e. The molecule has 0 bridgehead atoms. The van der Waals surface area contributed by atoms with Crippen LogP contribution in [0.5, 0.6) is 0 Å². The predicted octanol–water partition coefficient (Wildman–Crippen LogP) is 2.03. The van der Waals surface area contributed by atoms with Gasteiger partial charge in [0.2, 0.25) is 0 Å². The molecule has 2 aromatic heterocycles. The summed E-state index contributed by atoms with van der Waals surface area (Å²) in [5, 5.41) is 2.41. The predicted molar refractivity (Wildman–Crippen MR) is 75.5 cm³/mol. The first-order valence-corrected chi connectivity index (χ1v) is 8.36. The van der Waals surface area contributed by atoms with Gasteiger partial charge in [-0.05, 0) is 25.1 Å². The van der Waals surface area contributed by atoms with Crippen LogP contribution in [0.1, 0.15) is 9.88 Å². The Morgan fingerprint density at radius 2 is 2.21 bits per heavy atom. The Balaban J connectivity index is 2.06. The van der Waals surface area contributed by atoms with E-state index < -0.39 is 15.9 Å². The molecule has 0 unspecified atom stereocenters. The molecule has 2 rings (SSSR count). The SMILES string of the molecule is Cc1ccc(S(=O)(=O)NC(=O)/C=C\c2nccs2)s1. The van der Waals surface area contributed by atoms with E-state index in [9.17, 15) is 13.2 Å². The number of nitrogens with one attached hydrogen (secondary N) is 1. The van der Waals surface area contributed by atoms with Crippen LogP contribution in [-0.4, -0.2) is 19.3 Å². The van der Waals surface area contributed by atoms with Crippen molar-refractivity contribution < 1.29 is 13.2 Å². The van der Waals surface area contributed by atoms with E-state index in [4.69, 9.17) is 0 Å². The van der Waals surface area contributed by atoms with Crippen molar-refractivity contribution in [1.82, 2.24) is 9.71 Å². The zero-order chi connectivity index (χ0) is 13.9. The quantitative estimate of drug-likeness (QED) is 0.876. The molecule has 5 nitrogen and oxygen atoms in total. The third-order valence-electron chi connectivity index (χ3n) is 2.04. The summed E-state index contributed by atoms with van der Waals surface area (Å²) < 4.78 is 25.8. The molecular formula is C11H10N2O3S3. The van der Waals surface area contributed by atoms with E-state index in [1.54, 1.807) is 24.6 Å². The molecule has 0 aromatic carbocycles. The van der Waals surface area contributed by atoms with Crippen LogP contribution in [0.25, 0.3) is 6.08 Å². The molecule has 0 saturated carbocycles. The van der Waals surface area contributed by atoms with Crippen molar-refractivity contribution in [2.24, 2.45) is 0 Å². The van der Waals surface area contributed by atoms with E-state index in [1.165, 1.54) is 23.5 Å². The molecule has 0 aliphatic rings. The van der Waals surface area contributed by atoms with Crippen molar-refractivity contribution in [3.63, 3.8) is 0 Å². The Hall–Kier alpha value is -1.51. The lowest BCUT2D eigenvalue weighted by Gasteiger charge is -2.01. The zero-order valence-electron chi connectivity index (χ0n) is 9.86. The number of hydrogen-bond donors (Lipinski definition) is 1. The lowest BCUT2D eigenvalue weighted by atomic mass is 10.5. The number of amides is 1. The van der Waals surface area contributed by atoms with Crippen LogP contribution in [-0.2, 0) is 14.8 Å². The standard InChI is InChI=1S/C11H10N2O3S3/c1-8-2-5-11(18-8)19(15,16)13-9(14)3-4-10-12-6-7-17-10/h2-7H,1H3,(H,13,14)/b4-3-. The van der Waals surface area contributed by atoms with Gasteiger partial charge in [-0.3, -0.25) is 4.79 Å². The third kappa shape index (κ3) is 3.72. The second kappa shape index (κ2) is 5.64. The molecule has 2 aromatic rings. The lowest BCUT2D eigenvalue weighted by Crippen LogP contribution is -2.28. The maximum atomic E-state index is 11.8. The van der Waals surface area contributed by atoms with Crippen molar-refractivity contribution in [1.29, 1.82) is 0 Å². The molecule has 1 N–H and O–H groups in total. The maximum absolute atomic E-state index is 11.8. The Kier molecular flexibility index (Phi) is 4.13. The summed E-state index contributed by atoms with van der Waals surface area (Å²) in [7, 11) is -3.78. The number of sulfonamides is 1. The van der Waals surface area contributed by atoms with Crippen molar-refractivity contribution in [2.45, 2.75) is 11.1 Å². The molecule has 1 amide bonds. The van der Waals surface area contributed by atoms with Gasteiger partial charge in [-0.2, -0.15) is 0 Å². The normalized spacial score (nSPS) is 11.8. The fraction of sp³-hybridized carbons (Fsp3) is 0.0909. The van der Waals surface area contributed by atoms with Crippen LogP contribution < -0.4 is 4.72 Å². The number of aromatic nitrogens is 1. The molecule has 100 valence electrons. The number of aryl methyl sites for hydroxylation is 1. The number of nitrogens with zero attached hydrogens (tertiary/aromatic N) is 1. The van der Waals surface area contributed by atoms with Crippen molar-refractivity contribution in [2.75, 3.05) is 0 Å². The Labute approximate surface area is 118 Å². The highest BCUT2D eigenvalue weighted by Gasteiger charge is 2.17. The highest BCUT2D eigenvalue weighted by molar-refractivity contribution is 7.92. The van der Waals surface area contributed by atoms with E-state index in [1.807, 2.05) is 4.72 Å². The summed E-state index contributed by atoms with van der Waals surface area (Å²) in [4.78, 5) is 16.4. The summed E-state index contributed by atoms with van der Waals surface area (Å²) >= 11 is 2.47. The Bertz CT molecular complexity index is 699. The van der Waals surface area contributed by atoms with Gasteiger partial charge in [0.25, 0.3) is 15.9 Å². The molecule has 0 saturated heterocycles. The molecular weight excluding hydrogens is 304 g/mol. The Morgan fingerprint density at radius 3 is 2.79 bits per heavy atom. The molecule has 0 aliphatic carbocycles.